The van der Waals surface area contributed by atoms with Crippen LogP contribution in [0.25, 0.3) is 0 Å². The van der Waals surface area contributed by atoms with Crippen LogP contribution in [0.3, 0.4) is 0 Å². The standard InChI is InChI=1S/C22H22ClFN2O4S/c1-2-29-21-12-16(13-26-18-7-9-19(10-8-18)31(25,27)28)11-20(23)22(21)30-14-15-3-5-17(24)6-4-15/h3-12,26H,2,13-14H2,1H3,(H2,25,27,28). The molecule has 0 bridgehead atoms. The van der Waals surface area contributed by atoms with Crippen LogP contribution >= 0.6 is 11.6 Å². The quantitative estimate of drug-likeness (QED) is 0.478. The molecule has 0 radical (unpaired) electrons. The van der Waals surface area contributed by atoms with Gasteiger partial charge in [0.2, 0.25) is 10.0 Å². The molecule has 0 heterocycles. The number of nitrogens with one attached hydrogen (secondary N) is 1. The molecule has 0 aliphatic rings. The Kier molecular flexibility index (Phi) is 7.37. The second-order valence-corrected chi connectivity index (χ2v) is 8.64. The third-order valence-electron chi connectivity index (χ3n) is 4.35. The zero-order chi connectivity index (χ0) is 22.4. The number of hydrogen-bond donors (Lipinski definition) is 2. The minimum Gasteiger partial charge on any atom is -0.490 e. The van der Waals surface area contributed by atoms with Gasteiger partial charge in [0, 0.05) is 12.2 Å². The normalized spacial score (nSPS) is 11.2. The van der Waals surface area contributed by atoms with Crippen molar-refractivity contribution in [2.75, 3.05) is 11.9 Å². The summed E-state index contributed by atoms with van der Waals surface area (Å²) in [5.41, 5.74) is 2.37. The molecule has 0 saturated heterocycles. The third-order valence-corrected chi connectivity index (χ3v) is 5.56. The summed E-state index contributed by atoms with van der Waals surface area (Å²) in [5, 5.41) is 8.69. The van der Waals surface area contributed by atoms with Gasteiger partial charge in [0.05, 0.1) is 16.5 Å². The molecular formula is C22H22ClFN2O4S. The molecule has 164 valence electrons. The second-order valence-electron chi connectivity index (χ2n) is 6.68. The van der Waals surface area contributed by atoms with E-state index in [2.05, 4.69) is 5.32 Å². The number of hydrogen-bond acceptors (Lipinski definition) is 5. The zero-order valence-corrected chi connectivity index (χ0v) is 18.3. The average molecular weight is 465 g/mol. The first-order valence-corrected chi connectivity index (χ1v) is 11.4. The summed E-state index contributed by atoms with van der Waals surface area (Å²) in [5.74, 6) is 0.598. The first kappa shape index (κ1) is 22.9. The molecule has 3 aromatic carbocycles. The SMILES string of the molecule is CCOc1cc(CNc2ccc(S(N)(=O)=O)cc2)cc(Cl)c1OCc1ccc(F)cc1. The minimum absolute atomic E-state index is 0.0439. The van der Waals surface area contributed by atoms with Crippen LogP contribution in [0.4, 0.5) is 10.1 Å². The number of halogens is 2. The summed E-state index contributed by atoms with van der Waals surface area (Å²) in [6.07, 6.45) is 0. The van der Waals surface area contributed by atoms with Gasteiger partial charge in [-0.05, 0) is 66.6 Å². The highest BCUT2D eigenvalue weighted by Gasteiger charge is 2.13. The topological polar surface area (TPSA) is 90.6 Å². The Hall–Kier alpha value is -2.81. The van der Waals surface area contributed by atoms with E-state index in [9.17, 15) is 12.8 Å². The molecule has 0 amide bonds. The lowest BCUT2D eigenvalue weighted by Crippen LogP contribution is -2.12. The van der Waals surface area contributed by atoms with Crippen molar-refractivity contribution in [3.05, 3.63) is 82.6 Å². The van der Waals surface area contributed by atoms with Crippen molar-refractivity contribution in [2.45, 2.75) is 25.0 Å². The lowest BCUT2D eigenvalue weighted by molar-refractivity contribution is 0.269. The van der Waals surface area contributed by atoms with Crippen LogP contribution in [0.15, 0.2) is 65.6 Å². The molecule has 0 aliphatic carbocycles. The molecule has 0 saturated carbocycles. The predicted molar refractivity (Wildman–Crippen MR) is 118 cm³/mol. The highest BCUT2D eigenvalue weighted by molar-refractivity contribution is 7.89. The molecule has 0 aromatic heterocycles. The summed E-state index contributed by atoms with van der Waals surface area (Å²) < 4.78 is 47.3. The van der Waals surface area contributed by atoms with Gasteiger partial charge in [-0.2, -0.15) is 0 Å². The molecule has 0 unspecified atom stereocenters. The van der Waals surface area contributed by atoms with Gasteiger partial charge in [0.15, 0.2) is 11.5 Å². The second kappa shape index (κ2) is 10.00. The van der Waals surface area contributed by atoms with Crippen LogP contribution in [-0.2, 0) is 23.2 Å². The lowest BCUT2D eigenvalue weighted by Gasteiger charge is -2.16. The molecule has 0 fully saturated rings. The van der Waals surface area contributed by atoms with Crippen LogP contribution in [0.2, 0.25) is 5.02 Å². The van der Waals surface area contributed by atoms with Gasteiger partial charge in [-0.1, -0.05) is 23.7 Å². The van der Waals surface area contributed by atoms with E-state index in [1.54, 1.807) is 30.3 Å². The smallest absolute Gasteiger partial charge is 0.238 e. The fourth-order valence-electron chi connectivity index (χ4n) is 2.83. The van der Waals surface area contributed by atoms with E-state index in [4.69, 9.17) is 26.2 Å². The first-order chi connectivity index (χ1) is 14.8. The Morgan fingerprint density at radius 1 is 1.00 bits per heavy atom. The molecule has 3 rings (SSSR count). The summed E-state index contributed by atoms with van der Waals surface area (Å²) in [6, 6.07) is 15.7. The fourth-order valence-corrected chi connectivity index (χ4v) is 3.63. The molecule has 6 nitrogen and oxygen atoms in total. The Labute approximate surface area is 185 Å². The highest BCUT2D eigenvalue weighted by atomic mass is 35.5. The molecule has 0 atom stereocenters. The number of primary sulfonamides is 1. The van der Waals surface area contributed by atoms with Crippen molar-refractivity contribution in [2.24, 2.45) is 5.14 Å². The van der Waals surface area contributed by atoms with Crippen molar-refractivity contribution in [3.8, 4) is 11.5 Å². The number of anilines is 1. The third kappa shape index (κ3) is 6.33. The number of nitrogens with two attached hydrogens (primary N) is 1. The van der Waals surface area contributed by atoms with Gasteiger partial charge < -0.3 is 14.8 Å². The maximum absolute atomic E-state index is 13.1. The van der Waals surface area contributed by atoms with E-state index in [0.29, 0.717) is 29.7 Å². The molecule has 3 N–H and O–H groups in total. The van der Waals surface area contributed by atoms with Crippen molar-refractivity contribution in [1.29, 1.82) is 0 Å². The lowest BCUT2D eigenvalue weighted by atomic mass is 10.2. The summed E-state index contributed by atoms with van der Waals surface area (Å²) in [6.45, 7) is 2.92. The van der Waals surface area contributed by atoms with E-state index in [1.165, 1.54) is 24.3 Å². The minimum atomic E-state index is -3.73. The number of rotatable bonds is 9. The number of sulfonamides is 1. The highest BCUT2D eigenvalue weighted by Crippen LogP contribution is 2.37. The maximum atomic E-state index is 13.1. The zero-order valence-electron chi connectivity index (χ0n) is 16.8. The monoisotopic (exact) mass is 464 g/mol. The summed E-state index contributed by atoms with van der Waals surface area (Å²) in [7, 11) is -3.73. The Morgan fingerprint density at radius 2 is 1.68 bits per heavy atom. The molecular weight excluding hydrogens is 443 g/mol. The van der Waals surface area contributed by atoms with Gasteiger partial charge >= 0.3 is 0 Å². The maximum Gasteiger partial charge on any atom is 0.238 e. The summed E-state index contributed by atoms with van der Waals surface area (Å²) in [4.78, 5) is 0.0439. The van der Waals surface area contributed by atoms with Crippen LogP contribution in [0.5, 0.6) is 11.5 Å². The van der Waals surface area contributed by atoms with Crippen molar-refractivity contribution in [3.63, 3.8) is 0 Å². The van der Waals surface area contributed by atoms with E-state index < -0.39 is 10.0 Å². The van der Waals surface area contributed by atoms with Gasteiger partial charge in [0.1, 0.15) is 12.4 Å². The van der Waals surface area contributed by atoms with Crippen LogP contribution in [0.1, 0.15) is 18.1 Å². The molecule has 3 aromatic rings. The molecule has 9 heteroatoms. The Bertz CT molecular complexity index is 1140. The van der Waals surface area contributed by atoms with Crippen LogP contribution < -0.4 is 19.9 Å². The Morgan fingerprint density at radius 3 is 2.29 bits per heavy atom. The largest absolute Gasteiger partial charge is 0.490 e. The van der Waals surface area contributed by atoms with E-state index in [-0.39, 0.29) is 17.3 Å². The van der Waals surface area contributed by atoms with Crippen molar-refractivity contribution < 1.29 is 22.3 Å². The van der Waals surface area contributed by atoms with E-state index in [1.807, 2.05) is 13.0 Å². The number of benzene rings is 3. The van der Waals surface area contributed by atoms with Gasteiger partial charge in [-0.15, -0.1) is 0 Å². The van der Waals surface area contributed by atoms with E-state index in [0.717, 1.165) is 16.8 Å². The molecule has 31 heavy (non-hydrogen) atoms. The van der Waals surface area contributed by atoms with Gasteiger partial charge in [0.25, 0.3) is 0 Å². The van der Waals surface area contributed by atoms with Gasteiger partial charge in [-0.25, -0.2) is 17.9 Å². The Balaban J connectivity index is 1.72. The average Bonchev–Trinajstić information content (AvgIpc) is 2.73. The van der Waals surface area contributed by atoms with Crippen molar-refractivity contribution >= 4 is 27.3 Å². The van der Waals surface area contributed by atoms with Crippen LogP contribution in [0, 0.1) is 5.82 Å². The molecule has 0 aliphatic heterocycles. The number of ether oxygens (including phenoxy) is 2. The fraction of sp³-hybridized carbons (Fsp3) is 0.182. The van der Waals surface area contributed by atoms with Crippen molar-refractivity contribution in [1.82, 2.24) is 0 Å². The summed E-state index contributed by atoms with van der Waals surface area (Å²) >= 11 is 6.44. The molecule has 0 spiro atoms. The van der Waals surface area contributed by atoms with Crippen LogP contribution in [-0.4, -0.2) is 15.0 Å². The predicted octanol–water partition coefficient (Wildman–Crippen LogP) is 4.72. The first-order valence-electron chi connectivity index (χ1n) is 9.45. The van der Waals surface area contributed by atoms with Gasteiger partial charge in [-0.3, -0.25) is 0 Å². The van der Waals surface area contributed by atoms with E-state index >= 15 is 0 Å².